The highest BCUT2D eigenvalue weighted by atomic mass is 35.5. The van der Waals surface area contributed by atoms with Gasteiger partial charge in [-0.2, -0.15) is 0 Å². The predicted molar refractivity (Wildman–Crippen MR) is 116 cm³/mol. The van der Waals surface area contributed by atoms with E-state index < -0.39 is 0 Å². The van der Waals surface area contributed by atoms with Crippen LogP contribution in [0.4, 0.5) is 10.1 Å². The van der Waals surface area contributed by atoms with Crippen LogP contribution in [0.5, 0.6) is 5.75 Å². The van der Waals surface area contributed by atoms with E-state index in [9.17, 15) is 9.18 Å². The fourth-order valence-corrected chi connectivity index (χ4v) is 3.69. The van der Waals surface area contributed by atoms with Crippen LogP contribution in [0.15, 0.2) is 72.8 Å². The Kier molecular flexibility index (Phi) is 6.19. The van der Waals surface area contributed by atoms with Crippen molar-refractivity contribution in [2.75, 3.05) is 11.5 Å². The van der Waals surface area contributed by atoms with Crippen molar-refractivity contribution in [1.29, 1.82) is 0 Å². The highest BCUT2D eigenvalue weighted by Crippen LogP contribution is 2.36. The van der Waals surface area contributed by atoms with E-state index >= 15 is 0 Å². The lowest BCUT2D eigenvalue weighted by atomic mass is 10.1. The van der Waals surface area contributed by atoms with Crippen molar-refractivity contribution >= 4 is 23.2 Å². The van der Waals surface area contributed by atoms with Gasteiger partial charge in [0.05, 0.1) is 18.2 Å². The fourth-order valence-electron chi connectivity index (χ4n) is 3.57. The zero-order valence-corrected chi connectivity index (χ0v) is 17.1. The Morgan fingerprint density at radius 1 is 1.07 bits per heavy atom. The van der Waals surface area contributed by atoms with Crippen LogP contribution in [0, 0.1) is 5.82 Å². The molecule has 1 unspecified atom stereocenters. The van der Waals surface area contributed by atoms with Gasteiger partial charge < -0.3 is 15.0 Å². The molecule has 1 aliphatic rings. The number of carbonyl (C=O) groups is 1. The third kappa shape index (κ3) is 4.92. The Balaban J connectivity index is 1.48. The summed E-state index contributed by atoms with van der Waals surface area (Å²) >= 11 is 5.91. The maximum absolute atomic E-state index is 13.7. The van der Waals surface area contributed by atoms with E-state index in [4.69, 9.17) is 16.3 Å². The minimum atomic E-state index is -0.340. The molecule has 3 aromatic rings. The molecule has 4 rings (SSSR count). The zero-order valence-electron chi connectivity index (χ0n) is 16.4. The summed E-state index contributed by atoms with van der Waals surface area (Å²) in [6.07, 6.45) is 0.275. The van der Waals surface area contributed by atoms with Crippen LogP contribution < -0.4 is 15.0 Å². The topological polar surface area (TPSA) is 41.6 Å². The van der Waals surface area contributed by atoms with Gasteiger partial charge in [0.1, 0.15) is 18.2 Å². The van der Waals surface area contributed by atoms with Crippen molar-refractivity contribution in [2.24, 2.45) is 0 Å². The number of amides is 1. The monoisotopic (exact) mass is 424 g/mol. The molecule has 1 atom stereocenters. The first kappa shape index (κ1) is 20.2. The Hall–Kier alpha value is -3.05. The molecule has 4 nitrogen and oxygen atoms in total. The maximum Gasteiger partial charge on any atom is 0.222 e. The van der Waals surface area contributed by atoms with Crippen LogP contribution in [-0.4, -0.2) is 18.6 Å². The number of nitrogens with one attached hydrogen (secondary N) is 1. The molecule has 0 fully saturated rings. The largest absolute Gasteiger partial charge is 0.489 e. The average molecular weight is 425 g/mol. The van der Waals surface area contributed by atoms with Gasteiger partial charge in [-0.3, -0.25) is 4.79 Å². The third-order valence-corrected chi connectivity index (χ3v) is 5.37. The summed E-state index contributed by atoms with van der Waals surface area (Å²) in [7, 11) is 0. The van der Waals surface area contributed by atoms with Crippen molar-refractivity contribution in [2.45, 2.75) is 25.6 Å². The summed E-state index contributed by atoms with van der Waals surface area (Å²) in [5, 5.41) is 3.62. The van der Waals surface area contributed by atoms with Gasteiger partial charge in [-0.25, -0.2) is 4.39 Å². The highest BCUT2D eigenvalue weighted by molar-refractivity contribution is 6.30. The predicted octanol–water partition coefficient (Wildman–Crippen LogP) is 4.95. The summed E-state index contributed by atoms with van der Waals surface area (Å²) in [5.41, 5.74) is 2.89. The molecule has 0 bridgehead atoms. The number of ether oxygens (including phenoxy) is 1. The van der Waals surface area contributed by atoms with Gasteiger partial charge >= 0.3 is 0 Å². The van der Waals surface area contributed by atoms with Crippen molar-refractivity contribution in [3.05, 3.63) is 94.8 Å². The van der Waals surface area contributed by atoms with E-state index in [0.717, 1.165) is 16.8 Å². The van der Waals surface area contributed by atoms with E-state index in [1.54, 1.807) is 18.2 Å². The van der Waals surface area contributed by atoms with Gasteiger partial charge in [-0.05, 0) is 35.4 Å². The summed E-state index contributed by atoms with van der Waals surface area (Å²) in [6.45, 7) is 1.36. The molecule has 0 saturated carbocycles. The van der Waals surface area contributed by atoms with Crippen LogP contribution >= 0.6 is 11.6 Å². The quantitative estimate of drug-likeness (QED) is 0.608. The normalized spacial score (nSPS) is 15.3. The van der Waals surface area contributed by atoms with Gasteiger partial charge in [-0.1, -0.05) is 54.1 Å². The van der Waals surface area contributed by atoms with Gasteiger partial charge in [0.15, 0.2) is 0 Å². The van der Waals surface area contributed by atoms with Gasteiger partial charge in [0.25, 0.3) is 0 Å². The Morgan fingerprint density at radius 2 is 1.83 bits per heavy atom. The lowest BCUT2D eigenvalue weighted by molar-refractivity contribution is -0.121. The Morgan fingerprint density at radius 3 is 2.60 bits per heavy atom. The first-order valence-electron chi connectivity index (χ1n) is 9.82. The number of carbonyl (C=O) groups excluding carboxylic acids is 1. The molecule has 1 amide bonds. The standard InChI is InChI=1S/C24H22ClFN2O2/c25-19-8-6-17(7-9-19)14-27-24(29)13-21-16-30-23-12-20(26)10-11-22(23)28(21)15-18-4-2-1-3-5-18/h1-12,21H,13-16H2,(H,27,29). The first-order valence-corrected chi connectivity index (χ1v) is 10.2. The molecule has 0 radical (unpaired) electrons. The summed E-state index contributed by atoms with van der Waals surface area (Å²) < 4.78 is 19.5. The van der Waals surface area contributed by atoms with Crippen molar-refractivity contribution in [3.63, 3.8) is 0 Å². The fraction of sp³-hybridized carbons (Fsp3) is 0.208. The SMILES string of the molecule is O=C(CC1COc2cc(F)ccc2N1Cc1ccccc1)NCc1ccc(Cl)cc1. The molecule has 154 valence electrons. The second kappa shape index (κ2) is 9.18. The Bertz CT molecular complexity index is 1010. The number of fused-ring (bicyclic) bond motifs is 1. The minimum absolute atomic E-state index is 0.0674. The molecular weight excluding hydrogens is 403 g/mol. The van der Waals surface area contributed by atoms with Gasteiger partial charge in [0.2, 0.25) is 5.91 Å². The van der Waals surface area contributed by atoms with E-state index in [1.165, 1.54) is 12.1 Å². The number of rotatable bonds is 6. The minimum Gasteiger partial charge on any atom is -0.489 e. The highest BCUT2D eigenvalue weighted by Gasteiger charge is 2.29. The smallest absolute Gasteiger partial charge is 0.222 e. The van der Waals surface area contributed by atoms with Crippen LogP contribution in [0.1, 0.15) is 17.5 Å². The number of anilines is 1. The average Bonchev–Trinajstić information content (AvgIpc) is 2.75. The molecule has 30 heavy (non-hydrogen) atoms. The maximum atomic E-state index is 13.7. The Labute approximate surface area is 180 Å². The van der Waals surface area contributed by atoms with Crippen molar-refractivity contribution in [1.82, 2.24) is 5.32 Å². The summed E-state index contributed by atoms with van der Waals surface area (Å²) in [6, 6.07) is 21.8. The van der Waals surface area contributed by atoms with E-state index in [-0.39, 0.29) is 24.2 Å². The molecule has 3 aromatic carbocycles. The molecule has 0 aromatic heterocycles. The number of halogens is 2. The van der Waals surface area contributed by atoms with E-state index in [2.05, 4.69) is 10.2 Å². The molecule has 0 spiro atoms. The molecular formula is C24H22ClFN2O2. The molecule has 6 heteroatoms. The van der Waals surface area contributed by atoms with Crippen LogP contribution in [-0.2, 0) is 17.9 Å². The molecule has 1 aliphatic heterocycles. The third-order valence-electron chi connectivity index (χ3n) is 5.12. The van der Waals surface area contributed by atoms with Crippen LogP contribution in [0.25, 0.3) is 0 Å². The lowest BCUT2D eigenvalue weighted by Gasteiger charge is -2.38. The van der Waals surface area contributed by atoms with Crippen molar-refractivity contribution in [3.8, 4) is 5.75 Å². The second-order valence-corrected chi connectivity index (χ2v) is 7.73. The number of hydrogen-bond acceptors (Lipinski definition) is 3. The van der Waals surface area contributed by atoms with Crippen LogP contribution in [0.3, 0.4) is 0 Å². The van der Waals surface area contributed by atoms with Crippen LogP contribution in [0.2, 0.25) is 5.02 Å². The van der Waals surface area contributed by atoms with E-state index in [0.29, 0.717) is 30.5 Å². The van der Waals surface area contributed by atoms with E-state index in [1.807, 2.05) is 42.5 Å². The summed E-state index contributed by atoms with van der Waals surface area (Å²) in [4.78, 5) is 14.8. The number of hydrogen-bond donors (Lipinski definition) is 1. The molecule has 1 heterocycles. The number of benzene rings is 3. The second-order valence-electron chi connectivity index (χ2n) is 7.30. The van der Waals surface area contributed by atoms with Gasteiger partial charge in [-0.15, -0.1) is 0 Å². The van der Waals surface area contributed by atoms with Crippen molar-refractivity contribution < 1.29 is 13.9 Å². The molecule has 0 aliphatic carbocycles. The van der Waals surface area contributed by atoms with Gasteiger partial charge in [0, 0.05) is 24.2 Å². The first-order chi connectivity index (χ1) is 14.6. The lowest BCUT2D eigenvalue weighted by Crippen LogP contribution is -2.45. The number of nitrogens with zero attached hydrogens (tertiary/aromatic N) is 1. The molecule has 1 N–H and O–H groups in total. The summed E-state index contributed by atoms with van der Waals surface area (Å²) in [5.74, 6) is 0.0958. The zero-order chi connectivity index (χ0) is 20.9. The molecule has 0 saturated heterocycles.